The Kier molecular flexibility index (Phi) is 5.03. The summed E-state index contributed by atoms with van der Waals surface area (Å²) in [4.78, 5) is 3.96. The Morgan fingerprint density at radius 2 is 1.58 bits per heavy atom. The molecule has 1 heterocycles. The van der Waals surface area contributed by atoms with Gasteiger partial charge in [0.15, 0.2) is 5.76 Å². The molecular formula is C17H13Cl2N3O2. The van der Waals surface area contributed by atoms with Crippen LogP contribution in [0.1, 0.15) is 5.56 Å². The third-order valence-corrected chi connectivity index (χ3v) is 3.66. The molecule has 0 N–H and O–H groups in total. The van der Waals surface area contributed by atoms with E-state index in [4.69, 9.17) is 32.7 Å². The summed E-state index contributed by atoms with van der Waals surface area (Å²) < 4.78 is 13.0. The van der Waals surface area contributed by atoms with Crippen molar-refractivity contribution >= 4 is 34.8 Å². The second-order valence-corrected chi connectivity index (χ2v) is 5.61. The number of hydrogen-bond donors (Lipinski definition) is 0. The first kappa shape index (κ1) is 16.4. The molecule has 0 aliphatic heterocycles. The first-order chi connectivity index (χ1) is 11.7. The first-order valence-corrected chi connectivity index (χ1v) is 7.75. The summed E-state index contributed by atoms with van der Waals surface area (Å²) in [6.45, 7) is 0. The minimum absolute atomic E-state index is 0.375. The number of nitrogens with zero attached hydrogens (tertiary/aromatic N) is 3. The van der Waals surface area contributed by atoms with Crippen LogP contribution < -0.4 is 4.74 Å². The van der Waals surface area contributed by atoms with Crippen LogP contribution in [-0.2, 0) is 4.74 Å². The third-order valence-electron chi connectivity index (χ3n) is 3.16. The molecule has 0 aliphatic rings. The molecule has 3 aromatic rings. The minimum atomic E-state index is 0.375. The van der Waals surface area contributed by atoms with Crippen LogP contribution in [0.5, 0.6) is 5.75 Å². The van der Waals surface area contributed by atoms with Crippen LogP contribution in [0.4, 0.5) is 0 Å². The van der Waals surface area contributed by atoms with E-state index in [1.54, 1.807) is 43.5 Å². The van der Waals surface area contributed by atoms with E-state index < -0.39 is 0 Å². The van der Waals surface area contributed by atoms with Crippen LogP contribution in [0.15, 0.2) is 61.2 Å². The van der Waals surface area contributed by atoms with Crippen LogP contribution in [-0.4, -0.2) is 21.9 Å². The van der Waals surface area contributed by atoms with Gasteiger partial charge in [0.1, 0.15) is 18.4 Å². The monoisotopic (exact) mass is 361 g/mol. The van der Waals surface area contributed by atoms with Crippen molar-refractivity contribution in [2.75, 3.05) is 7.11 Å². The van der Waals surface area contributed by atoms with Crippen LogP contribution in [0.3, 0.4) is 0 Å². The van der Waals surface area contributed by atoms with Crippen molar-refractivity contribution in [2.24, 2.45) is 0 Å². The van der Waals surface area contributed by atoms with E-state index in [1.165, 1.54) is 17.3 Å². The van der Waals surface area contributed by atoms with E-state index in [9.17, 15) is 0 Å². The van der Waals surface area contributed by atoms with Crippen LogP contribution in [0.25, 0.3) is 11.6 Å². The lowest BCUT2D eigenvalue weighted by Gasteiger charge is -2.15. The summed E-state index contributed by atoms with van der Waals surface area (Å²) in [6.07, 6.45) is 2.94. The van der Waals surface area contributed by atoms with Gasteiger partial charge in [-0.25, -0.2) is 4.98 Å². The molecule has 0 bridgehead atoms. The van der Waals surface area contributed by atoms with Gasteiger partial charge < -0.3 is 9.47 Å². The third kappa shape index (κ3) is 3.69. The number of methoxy groups -OCH3 is 1. The maximum Gasteiger partial charge on any atom is 0.265 e. The molecule has 2 aromatic carbocycles. The second kappa shape index (κ2) is 7.38. The van der Waals surface area contributed by atoms with Crippen LogP contribution in [0, 0.1) is 0 Å². The fourth-order valence-electron chi connectivity index (χ4n) is 2.05. The van der Waals surface area contributed by atoms with Gasteiger partial charge >= 0.3 is 0 Å². The summed E-state index contributed by atoms with van der Waals surface area (Å²) >= 11 is 11.9. The van der Waals surface area contributed by atoms with Gasteiger partial charge in [-0.15, -0.1) is 0 Å². The van der Waals surface area contributed by atoms with E-state index in [0.717, 1.165) is 5.56 Å². The highest BCUT2D eigenvalue weighted by molar-refractivity contribution is 6.30. The number of hydrogen-bond acceptors (Lipinski definition) is 4. The van der Waals surface area contributed by atoms with E-state index in [1.807, 2.05) is 12.1 Å². The Labute approximate surface area is 149 Å². The van der Waals surface area contributed by atoms with Crippen LogP contribution >= 0.6 is 23.2 Å². The Bertz CT molecular complexity index is 829. The molecule has 0 fully saturated rings. The lowest BCUT2D eigenvalue weighted by atomic mass is 10.2. The van der Waals surface area contributed by atoms with Gasteiger partial charge in [0, 0.05) is 15.6 Å². The molecule has 5 nitrogen and oxygen atoms in total. The molecule has 24 heavy (non-hydrogen) atoms. The van der Waals surface area contributed by atoms with E-state index in [0.29, 0.717) is 27.4 Å². The summed E-state index contributed by atoms with van der Waals surface area (Å²) in [5.41, 5.74) is 0.793. The smallest absolute Gasteiger partial charge is 0.265 e. The maximum atomic E-state index is 5.98. The molecule has 0 radical (unpaired) electrons. The van der Waals surface area contributed by atoms with Crippen molar-refractivity contribution in [1.29, 1.82) is 0 Å². The highest BCUT2D eigenvalue weighted by Crippen LogP contribution is 2.27. The van der Waals surface area contributed by atoms with Gasteiger partial charge in [-0.3, -0.25) is 0 Å². The first-order valence-electron chi connectivity index (χ1n) is 7.00. The number of ether oxygens (including phenoxy) is 2. The van der Waals surface area contributed by atoms with Crippen molar-refractivity contribution in [3.05, 3.63) is 76.8 Å². The molecule has 0 saturated heterocycles. The largest absolute Gasteiger partial charge is 0.491 e. The lowest BCUT2D eigenvalue weighted by molar-refractivity contribution is 0.351. The standard InChI is InChI=1S/C17H13Cl2N3O2/c1-23-16(12-2-4-13(18)5-3-12)17(22-11-20-10-21-22)24-15-8-6-14(19)7-9-15/h2-11H,1H3. The number of rotatable bonds is 5. The molecule has 3 rings (SSSR count). The van der Waals surface area contributed by atoms with Crippen molar-refractivity contribution in [3.63, 3.8) is 0 Å². The summed E-state index contributed by atoms with van der Waals surface area (Å²) in [5.74, 6) is 1.46. The quantitative estimate of drug-likeness (QED) is 0.623. The molecule has 122 valence electrons. The van der Waals surface area contributed by atoms with Crippen LogP contribution in [0.2, 0.25) is 10.0 Å². The van der Waals surface area contributed by atoms with Gasteiger partial charge in [0.05, 0.1) is 7.11 Å². The number of aromatic nitrogens is 3. The zero-order valence-corrected chi connectivity index (χ0v) is 14.2. The Morgan fingerprint density at radius 1 is 0.958 bits per heavy atom. The van der Waals surface area contributed by atoms with E-state index in [-0.39, 0.29) is 0 Å². The molecule has 0 unspecified atom stereocenters. The maximum absolute atomic E-state index is 5.98. The SMILES string of the molecule is COC(=C(Oc1ccc(Cl)cc1)n1cncn1)c1ccc(Cl)cc1. The molecule has 0 atom stereocenters. The molecule has 1 aromatic heterocycles. The highest BCUT2D eigenvalue weighted by Gasteiger charge is 2.16. The predicted molar refractivity (Wildman–Crippen MR) is 93.7 cm³/mol. The lowest BCUT2D eigenvalue weighted by Crippen LogP contribution is -2.09. The van der Waals surface area contributed by atoms with E-state index >= 15 is 0 Å². The van der Waals surface area contributed by atoms with Gasteiger partial charge in [0.2, 0.25) is 0 Å². The molecule has 0 saturated carbocycles. The molecule has 0 aliphatic carbocycles. The Morgan fingerprint density at radius 3 is 2.12 bits per heavy atom. The summed E-state index contributed by atoms with van der Waals surface area (Å²) in [7, 11) is 1.56. The molecule has 0 spiro atoms. The van der Waals surface area contributed by atoms with Gasteiger partial charge in [-0.2, -0.15) is 9.78 Å². The zero-order chi connectivity index (χ0) is 16.9. The fourth-order valence-corrected chi connectivity index (χ4v) is 2.31. The minimum Gasteiger partial charge on any atom is -0.491 e. The fraction of sp³-hybridized carbons (Fsp3) is 0.0588. The predicted octanol–water partition coefficient (Wildman–Crippen LogP) is 4.59. The molecular weight excluding hydrogens is 349 g/mol. The van der Waals surface area contributed by atoms with Crippen molar-refractivity contribution < 1.29 is 9.47 Å². The topological polar surface area (TPSA) is 49.2 Å². The summed E-state index contributed by atoms with van der Waals surface area (Å²) in [6, 6.07) is 14.2. The zero-order valence-electron chi connectivity index (χ0n) is 12.7. The average molecular weight is 362 g/mol. The van der Waals surface area contributed by atoms with Crippen molar-refractivity contribution in [1.82, 2.24) is 14.8 Å². The normalized spacial score (nSPS) is 11.8. The summed E-state index contributed by atoms with van der Waals surface area (Å²) in [5, 5.41) is 5.39. The van der Waals surface area contributed by atoms with Gasteiger partial charge in [-0.1, -0.05) is 23.2 Å². The average Bonchev–Trinajstić information content (AvgIpc) is 3.12. The van der Waals surface area contributed by atoms with Gasteiger partial charge in [0.25, 0.3) is 5.88 Å². The van der Waals surface area contributed by atoms with Crippen molar-refractivity contribution in [3.8, 4) is 5.75 Å². The second-order valence-electron chi connectivity index (χ2n) is 4.74. The number of halogens is 2. The number of benzene rings is 2. The Hall–Kier alpha value is -2.50. The van der Waals surface area contributed by atoms with Crippen molar-refractivity contribution in [2.45, 2.75) is 0 Å². The van der Waals surface area contributed by atoms with E-state index in [2.05, 4.69) is 10.1 Å². The molecule has 7 heteroatoms. The molecule has 0 amide bonds. The Balaban J connectivity index is 2.08. The highest BCUT2D eigenvalue weighted by atomic mass is 35.5. The van der Waals surface area contributed by atoms with Gasteiger partial charge in [-0.05, 0) is 48.5 Å².